The second-order valence-electron chi connectivity index (χ2n) is 4.75. The standard InChI is InChI=1S/C11H18O3/c1-8(5-9-3-4-13-6-9)10(12)11(2)7-14-11/h8-9H,3-7H2,1-2H3/t8-,9-,11+/m0/s1. The first-order valence-electron chi connectivity index (χ1n) is 5.38. The predicted molar refractivity (Wildman–Crippen MR) is 52.1 cm³/mol. The van der Waals surface area contributed by atoms with Crippen molar-refractivity contribution in [3.63, 3.8) is 0 Å². The van der Waals surface area contributed by atoms with E-state index in [1.807, 2.05) is 13.8 Å². The van der Waals surface area contributed by atoms with Gasteiger partial charge in [-0.3, -0.25) is 4.79 Å². The van der Waals surface area contributed by atoms with Gasteiger partial charge < -0.3 is 9.47 Å². The van der Waals surface area contributed by atoms with Crippen molar-refractivity contribution in [1.29, 1.82) is 0 Å². The van der Waals surface area contributed by atoms with Gasteiger partial charge in [-0.25, -0.2) is 0 Å². The van der Waals surface area contributed by atoms with Gasteiger partial charge in [-0.05, 0) is 25.7 Å². The molecule has 3 nitrogen and oxygen atoms in total. The Hall–Kier alpha value is -0.410. The minimum atomic E-state index is -0.446. The van der Waals surface area contributed by atoms with Gasteiger partial charge in [0.05, 0.1) is 6.61 Å². The summed E-state index contributed by atoms with van der Waals surface area (Å²) in [6, 6.07) is 0. The van der Waals surface area contributed by atoms with Crippen molar-refractivity contribution in [2.45, 2.75) is 32.3 Å². The van der Waals surface area contributed by atoms with Crippen molar-refractivity contribution in [2.24, 2.45) is 11.8 Å². The van der Waals surface area contributed by atoms with E-state index in [1.54, 1.807) is 0 Å². The summed E-state index contributed by atoms with van der Waals surface area (Å²) in [5.41, 5.74) is -0.446. The fraction of sp³-hybridized carbons (Fsp3) is 0.909. The van der Waals surface area contributed by atoms with Gasteiger partial charge in [0.1, 0.15) is 5.60 Å². The van der Waals surface area contributed by atoms with Gasteiger partial charge in [-0.1, -0.05) is 6.92 Å². The number of carbonyl (C=O) groups is 1. The highest BCUT2D eigenvalue weighted by molar-refractivity contribution is 5.91. The SMILES string of the molecule is C[C@@H](C[C@@H]1CCOC1)C(=O)[C@@]1(C)CO1. The molecule has 2 fully saturated rings. The van der Waals surface area contributed by atoms with E-state index in [0.717, 1.165) is 26.1 Å². The highest BCUT2D eigenvalue weighted by Gasteiger charge is 2.48. The van der Waals surface area contributed by atoms with Crippen LogP contribution in [0.3, 0.4) is 0 Å². The van der Waals surface area contributed by atoms with Gasteiger partial charge in [0, 0.05) is 19.1 Å². The molecule has 2 aliphatic heterocycles. The Labute approximate surface area is 84.8 Å². The topological polar surface area (TPSA) is 38.8 Å². The Bertz CT molecular complexity index is 227. The van der Waals surface area contributed by atoms with Crippen molar-refractivity contribution >= 4 is 5.78 Å². The summed E-state index contributed by atoms with van der Waals surface area (Å²) in [5, 5.41) is 0. The van der Waals surface area contributed by atoms with E-state index in [9.17, 15) is 4.79 Å². The molecule has 0 aliphatic carbocycles. The number of Topliss-reactive ketones (excluding diaryl/α,β-unsaturated/α-hetero) is 1. The molecule has 2 saturated heterocycles. The van der Waals surface area contributed by atoms with Crippen LogP contribution in [-0.2, 0) is 14.3 Å². The molecule has 2 aliphatic rings. The largest absolute Gasteiger partial charge is 0.381 e. The highest BCUT2D eigenvalue weighted by Crippen LogP contribution is 2.33. The summed E-state index contributed by atoms with van der Waals surface area (Å²) in [6.45, 7) is 6.19. The maximum absolute atomic E-state index is 11.8. The molecule has 0 unspecified atom stereocenters. The van der Waals surface area contributed by atoms with Gasteiger partial charge in [0.15, 0.2) is 5.78 Å². The summed E-state index contributed by atoms with van der Waals surface area (Å²) < 4.78 is 10.5. The Kier molecular flexibility index (Phi) is 2.62. The molecule has 3 heteroatoms. The lowest BCUT2D eigenvalue weighted by molar-refractivity contribution is -0.127. The quantitative estimate of drug-likeness (QED) is 0.641. The van der Waals surface area contributed by atoms with E-state index in [0.29, 0.717) is 12.5 Å². The first kappa shape index (κ1) is 10.1. The van der Waals surface area contributed by atoms with Crippen LogP contribution < -0.4 is 0 Å². The Balaban J connectivity index is 1.82. The van der Waals surface area contributed by atoms with Crippen LogP contribution in [0.5, 0.6) is 0 Å². The lowest BCUT2D eigenvalue weighted by Crippen LogP contribution is -2.28. The average molecular weight is 198 g/mol. The third-order valence-electron chi connectivity index (χ3n) is 3.26. The zero-order valence-electron chi connectivity index (χ0n) is 8.91. The van der Waals surface area contributed by atoms with Crippen molar-refractivity contribution < 1.29 is 14.3 Å². The molecule has 0 aromatic heterocycles. The van der Waals surface area contributed by atoms with Crippen molar-refractivity contribution in [3.8, 4) is 0 Å². The number of ether oxygens (including phenoxy) is 2. The highest BCUT2D eigenvalue weighted by atomic mass is 16.6. The fourth-order valence-electron chi connectivity index (χ4n) is 2.15. The molecule has 0 aromatic rings. The number of carbonyl (C=O) groups excluding carboxylic acids is 1. The number of ketones is 1. The molecule has 0 bridgehead atoms. The van der Waals surface area contributed by atoms with Crippen LogP contribution >= 0.6 is 0 Å². The second-order valence-corrected chi connectivity index (χ2v) is 4.75. The molecule has 3 atom stereocenters. The summed E-state index contributed by atoms with van der Waals surface area (Å²) in [6.07, 6.45) is 2.06. The van der Waals surface area contributed by atoms with Crippen LogP contribution in [0.2, 0.25) is 0 Å². The van der Waals surface area contributed by atoms with Crippen LogP contribution in [0.25, 0.3) is 0 Å². The molecule has 2 heterocycles. The van der Waals surface area contributed by atoms with Gasteiger partial charge >= 0.3 is 0 Å². The molecule has 0 aromatic carbocycles. The van der Waals surface area contributed by atoms with Crippen molar-refractivity contribution in [2.75, 3.05) is 19.8 Å². The maximum Gasteiger partial charge on any atom is 0.169 e. The zero-order chi connectivity index (χ0) is 10.2. The van der Waals surface area contributed by atoms with E-state index in [-0.39, 0.29) is 11.7 Å². The van der Waals surface area contributed by atoms with Crippen molar-refractivity contribution in [3.05, 3.63) is 0 Å². The van der Waals surface area contributed by atoms with Crippen LogP contribution in [0.4, 0.5) is 0 Å². The van der Waals surface area contributed by atoms with E-state index in [2.05, 4.69) is 0 Å². The number of hydrogen-bond acceptors (Lipinski definition) is 3. The fourth-order valence-corrected chi connectivity index (χ4v) is 2.15. The second kappa shape index (κ2) is 3.63. The minimum Gasteiger partial charge on any atom is -0.381 e. The van der Waals surface area contributed by atoms with Gasteiger partial charge in [0.2, 0.25) is 0 Å². The molecular weight excluding hydrogens is 180 g/mol. The summed E-state index contributed by atoms with van der Waals surface area (Å²) in [4.78, 5) is 11.8. The van der Waals surface area contributed by atoms with Crippen LogP contribution in [0.1, 0.15) is 26.7 Å². The van der Waals surface area contributed by atoms with Gasteiger partial charge in [0.25, 0.3) is 0 Å². The average Bonchev–Trinajstić information content (AvgIpc) is 2.71. The number of rotatable bonds is 4. The van der Waals surface area contributed by atoms with Gasteiger partial charge in [-0.2, -0.15) is 0 Å². The normalized spacial score (nSPS) is 38.3. The Morgan fingerprint density at radius 3 is 2.86 bits per heavy atom. The minimum absolute atomic E-state index is 0.120. The van der Waals surface area contributed by atoms with E-state index in [4.69, 9.17) is 9.47 Å². The first-order chi connectivity index (χ1) is 6.62. The molecule has 0 N–H and O–H groups in total. The molecule has 0 amide bonds. The van der Waals surface area contributed by atoms with Crippen LogP contribution in [0, 0.1) is 11.8 Å². The van der Waals surface area contributed by atoms with E-state index in [1.165, 1.54) is 0 Å². The lowest BCUT2D eigenvalue weighted by Gasteiger charge is -2.15. The lowest BCUT2D eigenvalue weighted by atomic mass is 9.87. The van der Waals surface area contributed by atoms with E-state index >= 15 is 0 Å². The monoisotopic (exact) mass is 198 g/mol. The van der Waals surface area contributed by atoms with Crippen LogP contribution in [0.15, 0.2) is 0 Å². The third kappa shape index (κ3) is 1.98. The Morgan fingerprint density at radius 1 is 1.64 bits per heavy atom. The van der Waals surface area contributed by atoms with E-state index < -0.39 is 5.60 Å². The summed E-state index contributed by atoms with van der Waals surface area (Å²) in [5.74, 6) is 0.967. The Morgan fingerprint density at radius 2 is 2.36 bits per heavy atom. The van der Waals surface area contributed by atoms with Crippen molar-refractivity contribution in [1.82, 2.24) is 0 Å². The summed E-state index contributed by atoms with van der Waals surface area (Å²) in [7, 11) is 0. The van der Waals surface area contributed by atoms with Gasteiger partial charge in [-0.15, -0.1) is 0 Å². The van der Waals surface area contributed by atoms with Crippen LogP contribution in [-0.4, -0.2) is 31.2 Å². The maximum atomic E-state index is 11.8. The predicted octanol–water partition coefficient (Wildman–Crippen LogP) is 1.41. The smallest absolute Gasteiger partial charge is 0.169 e. The number of hydrogen-bond donors (Lipinski definition) is 0. The summed E-state index contributed by atoms with van der Waals surface area (Å²) >= 11 is 0. The molecule has 14 heavy (non-hydrogen) atoms. The number of epoxide rings is 1. The third-order valence-corrected chi connectivity index (χ3v) is 3.26. The molecule has 2 rings (SSSR count). The zero-order valence-corrected chi connectivity index (χ0v) is 8.91. The molecule has 0 radical (unpaired) electrons. The molecule has 80 valence electrons. The molecule has 0 saturated carbocycles. The molecule has 0 spiro atoms. The molecular formula is C11H18O3. The first-order valence-corrected chi connectivity index (χ1v) is 5.38.